The summed E-state index contributed by atoms with van der Waals surface area (Å²) in [6, 6.07) is 5.61. The van der Waals surface area contributed by atoms with Crippen molar-refractivity contribution >= 4 is 5.91 Å². The normalized spacial score (nSPS) is 27.9. The van der Waals surface area contributed by atoms with E-state index in [-0.39, 0.29) is 24.5 Å². The molecule has 1 aliphatic heterocycles. The number of rotatable bonds is 5. The second-order valence-corrected chi connectivity index (χ2v) is 7.70. The van der Waals surface area contributed by atoms with Crippen LogP contribution in [0.4, 0.5) is 0 Å². The van der Waals surface area contributed by atoms with Crippen LogP contribution >= 0.6 is 0 Å². The lowest BCUT2D eigenvalue weighted by molar-refractivity contribution is -0.127. The standard InChI is InChI=1S/C20H23N3O4/c1-2-7-21-19(24)16-11-3-4-12(8-11)17(16)20-22-18(23-27-20)13-5-6-14-15(9-13)26-10-25-14/h5-6,9,11-12,16-17H,2-4,7-8,10H2,1H3,(H,21,24)/t11-,12+,16-,17-/m0/s1. The average Bonchev–Trinajstić information content (AvgIpc) is 3.47. The molecule has 27 heavy (non-hydrogen) atoms. The number of nitrogens with zero attached hydrogens (tertiary/aromatic N) is 2. The molecule has 2 aromatic rings. The number of benzene rings is 1. The lowest BCUT2D eigenvalue weighted by Crippen LogP contribution is -2.37. The molecule has 5 rings (SSSR count). The zero-order chi connectivity index (χ0) is 18.4. The Morgan fingerprint density at radius 2 is 2.07 bits per heavy atom. The molecule has 2 fully saturated rings. The van der Waals surface area contributed by atoms with Crippen molar-refractivity contribution in [2.24, 2.45) is 17.8 Å². The number of carbonyl (C=O) groups is 1. The molecule has 2 bridgehead atoms. The summed E-state index contributed by atoms with van der Waals surface area (Å²) in [5.74, 6) is 3.52. The maximum absolute atomic E-state index is 12.8. The molecule has 7 nitrogen and oxygen atoms in total. The minimum absolute atomic E-state index is 0.0240. The van der Waals surface area contributed by atoms with Crippen molar-refractivity contribution in [3.8, 4) is 22.9 Å². The van der Waals surface area contributed by atoms with Crippen LogP contribution in [0.5, 0.6) is 11.5 Å². The number of nitrogens with one attached hydrogen (secondary N) is 1. The largest absolute Gasteiger partial charge is 0.454 e. The number of aromatic nitrogens is 2. The molecule has 4 atom stereocenters. The zero-order valence-corrected chi connectivity index (χ0v) is 15.3. The number of ether oxygens (including phenoxy) is 2. The molecule has 142 valence electrons. The van der Waals surface area contributed by atoms with E-state index in [4.69, 9.17) is 14.0 Å². The fourth-order valence-electron chi connectivity index (χ4n) is 4.91. The summed E-state index contributed by atoms with van der Waals surface area (Å²) in [5.41, 5.74) is 0.824. The van der Waals surface area contributed by atoms with Crippen molar-refractivity contribution in [1.82, 2.24) is 15.5 Å². The Kier molecular flexibility index (Phi) is 4.02. The third-order valence-corrected chi connectivity index (χ3v) is 6.13. The average molecular weight is 369 g/mol. The first kappa shape index (κ1) is 16.6. The van der Waals surface area contributed by atoms with Crippen LogP contribution in [0, 0.1) is 17.8 Å². The lowest BCUT2D eigenvalue weighted by atomic mass is 9.78. The molecule has 0 unspecified atom stereocenters. The van der Waals surface area contributed by atoms with Crippen molar-refractivity contribution in [2.45, 2.75) is 38.5 Å². The summed E-state index contributed by atoms with van der Waals surface area (Å²) < 4.78 is 16.4. The Hall–Kier alpha value is -2.57. The van der Waals surface area contributed by atoms with E-state index in [1.54, 1.807) is 0 Å². The Bertz CT molecular complexity index is 865. The van der Waals surface area contributed by atoms with Gasteiger partial charge in [0.05, 0.1) is 11.8 Å². The maximum Gasteiger partial charge on any atom is 0.231 e. The first-order valence-electron chi connectivity index (χ1n) is 9.76. The fourth-order valence-corrected chi connectivity index (χ4v) is 4.91. The van der Waals surface area contributed by atoms with E-state index in [0.717, 1.165) is 37.0 Å². The molecule has 0 radical (unpaired) electrons. The van der Waals surface area contributed by atoms with Gasteiger partial charge in [0.2, 0.25) is 24.4 Å². The van der Waals surface area contributed by atoms with Crippen LogP contribution in [0.25, 0.3) is 11.4 Å². The van der Waals surface area contributed by atoms with Crippen molar-refractivity contribution in [1.29, 1.82) is 0 Å². The third-order valence-electron chi connectivity index (χ3n) is 6.13. The number of fused-ring (bicyclic) bond motifs is 3. The van der Waals surface area contributed by atoms with Gasteiger partial charge in [-0.15, -0.1) is 0 Å². The van der Waals surface area contributed by atoms with Crippen LogP contribution in [0.2, 0.25) is 0 Å². The lowest BCUT2D eigenvalue weighted by Gasteiger charge is -2.27. The Morgan fingerprint density at radius 1 is 1.22 bits per heavy atom. The van der Waals surface area contributed by atoms with Gasteiger partial charge in [0, 0.05) is 12.1 Å². The van der Waals surface area contributed by atoms with Crippen LogP contribution < -0.4 is 14.8 Å². The number of carbonyl (C=O) groups excluding carboxylic acids is 1. The SMILES string of the molecule is CCCNC(=O)[C@H]1[C@H]2CC[C@H](C2)[C@@H]1c1nc(-c2ccc3c(c2)OCO3)no1. The van der Waals surface area contributed by atoms with Crippen LogP contribution in [-0.2, 0) is 4.79 Å². The summed E-state index contributed by atoms with van der Waals surface area (Å²) in [4.78, 5) is 17.4. The van der Waals surface area contributed by atoms with Crippen LogP contribution in [0.15, 0.2) is 22.7 Å². The minimum atomic E-state index is -0.0552. The fraction of sp³-hybridized carbons (Fsp3) is 0.550. The van der Waals surface area contributed by atoms with E-state index in [2.05, 4.69) is 22.4 Å². The highest BCUT2D eigenvalue weighted by Crippen LogP contribution is 2.56. The molecule has 2 heterocycles. The van der Waals surface area contributed by atoms with Gasteiger partial charge >= 0.3 is 0 Å². The van der Waals surface area contributed by atoms with E-state index in [0.29, 0.717) is 35.8 Å². The monoisotopic (exact) mass is 369 g/mol. The van der Waals surface area contributed by atoms with Crippen LogP contribution in [0.3, 0.4) is 0 Å². The molecule has 3 aliphatic rings. The van der Waals surface area contributed by atoms with E-state index >= 15 is 0 Å². The van der Waals surface area contributed by atoms with E-state index < -0.39 is 0 Å². The summed E-state index contributed by atoms with van der Waals surface area (Å²) in [5, 5.41) is 7.25. The van der Waals surface area contributed by atoms with E-state index in [1.807, 2.05) is 18.2 Å². The first-order valence-corrected chi connectivity index (χ1v) is 9.76. The highest BCUT2D eigenvalue weighted by atomic mass is 16.7. The molecule has 1 aromatic heterocycles. The molecule has 2 aliphatic carbocycles. The van der Waals surface area contributed by atoms with Gasteiger partial charge in [-0.2, -0.15) is 4.98 Å². The number of hydrogen-bond donors (Lipinski definition) is 1. The minimum Gasteiger partial charge on any atom is -0.454 e. The van der Waals surface area contributed by atoms with Crippen molar-refractivity contribution in [3.63, 3.8) is 0 Å². The second kappa shape index (κ2) is 6.55. The van der Waals surface area contributed by atoms with Gasteiger partial charge in [-0.1, -0.05) is 12.1 Å². The van der Waals surface area contributed by atoms with Crippen molar-refractivity contribution < 1.29 is 18.8 Å². The number of hydrogen-bond acceptors (Lipinski definition) is 6. The van der Waals surface area contributed by atoms with E-state index in [1.165, 1.54) is 0 Å². The van der Waals surface area contributed by atoms with Gasteiger partial charge in [0.1, 0.15) is 0 Å². The summed E-state index contributed by atoms with van der Waals surface area (Å²) >= 11 is 0. The number of amides is 1. The van der Waals surface area contributed by atoms with Gasteiger partial charge in [0.15, 0.2) is 11.5 Å². The second-order valence-electron chi connectivity index (χ2n) is 7.70. The summed E-state index contributed by atoms with van der Waals surface area (Å²) in [6.07, 6.45) is 4.27. The van der Waals surface area contributed by atoms with Crippen LogP contribution in [0.1, 0.15) is 44.4 Å². The van der Waals surface area contributed by atoms with Crippen LogP contribution in [-0.4, -0.2) is 29.4 Å². The molecule has 0 saturated heterocycles. The Morgan fingerprint density at radius 3 is 2.96 bits per heavy atom. The summed E-state index contributed by atoms with van der Waals surface area (Å²) in [6.45, 7) is 3.01. The first-order chi connectivity index (χ1) is 13.2. The molecule has 1 N–H and O–H groups in total. The topological polar surface area (TPSA) is 86.5 Å². The predicted molar refractivity (Wildman–Crippen MR) is 96.2 cm³/mol. The van der Waals surface area contributed by atoms with Gasteiger partial charge < -0.3 is 19.3 Å². The zero-order valence-electron chi connectivity index (χ0n) is 15.3. The van der Waals surface area contributed by atoms with Gasteiger partial charge in [-0.25, -0.2) is 0 Å². The molecule has 2 saturated carbocycles. The third kappa shape index (κ3) is 2.76. The van der Waals surface area contributed by atoms with Gasteiger partial charge in [-0.05, 0) is 55.7 Å². The molecule has 0 spiro atoms. The quantitative estimate of drug-likeness (QED) is 0.871. The van der Waals surface area contributed by atoms with Gasteiger partial charge in [-0.3, -0.25) is 4.79 Å². The summed E-state index contributed by atoms with van der Waals surface area (Å²) in [7, 11) is 0. The van der Waals surface area contributed by atoms with Crippen molar-refractivity contribution in [3.05, 3.63) is 24.1 Å². The van der Waals surface area contributed by atoms with Crippen molar-refractivity contribution in [2.75, 3.05) is 13.3 Å². The molecular formula is C20H23N3O4. The highest BCUT2D eigenvalue weighted by molar-refractivity contribution is 5.80. The molecular weight excluding hydrogens is 346 g/mol. The molecule has 7 heteroatoms. The smallest absolute Gasteiger partial charge is 0.231 e. The highest BCUT2D eigenvalue weighted by Gasteiger charge is 2.53. The van der Waals surface area contributed by atoms with E-state index in [9.17, 15) is 4.79 Å². The molecule has 1 aromatic carbocycles. The predicted octanol–water partition coefficient (Wildman–Crippen LogP) is 3.12. The Labute approximate surface area is 157 Å². The molecule has 1 amide bonds. The Balaban J connectivity index is 1.42. The van der Waals surface area contributed by atoms with Gasteiger partial charge in [0.25, 0.3) is 0 Å². The maximum atomic E-state index is 12.8.